The van der Waals surface area contributed by atoms with E-state index in [2.05, 4.69) is 53.7 Å². The van der Waals surface area contributed by atoms with E-state index in [0.717, 1.165) is 17.5 Å². The molecule has 122 valence electrons. The first-order valence-electron chi connectivity index (χ1n) is 7.18. The maximum atomic E-state index is 10.3. The molecule has 3 heteroatoms. The molecule has 0 amide bonds. The van der Waals surface area contributed by atoms with Crippen molar-refractivity contribution in [3.63, 3.8) is 0 Å². The maximum absolute atomic E-state index is 10.3. The first-order valence-corrected chi connectivity index (χ1v) is 7.18. The number of phenolic OH excluding ortho intramolecular Hbond substituents is 1. The number of allylic oxidation sites excluding steroid dienone is 4. The Morgan fingerprint density at radius 3 is 1.64 bits per heavy atom. The standard InChI is InChI=1S/C14H22O.C5H5.ClH.Ti/c1-13(2,3)10-8-7-9-11(12(10)15)14(4,5)6;1-2-4-5-3-1;;/h7-9,15H,1-6H3;1-3H,4H2;1H;/q;-1;;. The second-order valence-corrected chi connectivity index (χ2v) is 7.20. The molecule has 1 aliphatic rings. The van der Waals surface area contributed by atoms with E-state index in [9.17, 15) is 5.11 Å². The predicted molar refractivity (Wildman–Crippen MR) is 94.3 cm³/mol. The summed E-state index contributed by atoms with van der Waals surface area (Å²) in [6.45, 7) is 12.7. The molecule has 1 nitrogen and oxygen atoms in total. The molecule has 1 aliphatic carbocycles. The molecule has 0 aliphatic heterocycles. The van der Waals surface area contributed by atoms with Crippen LogP contribution in [0.15, 0.2) is 36.4 Å². The Morgan fingerprint density at radius 2 is 1.41 bits per heavy atom. The average Bonchev–Trinajstić information content (AvgIpc) is 2.84. The number of phenols is 1. The van der Waals surface area contributed by atoms with E-state index in [4.69, 9.17) is 0 Å². The van der Waals surface area contributed by atoms with E-state index < -0.39 is 0 Å². The van der Waals surface area contributed by atoms with Gasteiger partial charge in [0.05, 0.1) is 0 Å². The first kappa shape index (κ1) is 23.8. The molecule has 1 N–H and O–H groups in total. The fourth-order valence-corrected chi connectivity index (χ4v) is 2.09. The molecule has 0 saturated carbocycles. The topological polar surface area (TPSA) is 20.2 Å². The van der Waals surface area contributed by atoms with Crippen LogP contribution in [0, 0.1) is 6.08 Å². The van der Waals surface area contributed by atoms with Crippen LogP contribution in [0.2, 0.25) is 0 Å². The molecular weight excluding hydrogens is 328 g/mol. The van der Waals surface area contributed by atoms with Gasteiger partial charge >= 0.3 is 0 Å². The molecule has 22 heavy (non-hydrogen) atoms. The third-order valence-corrected chi connectivity index (χ3v) is 3.24. The van der Waals surface area contributed by atoms with Crippen LogP contribution in [-0.2, 0) is 32.5 Å². The Balaban J connectivity index is 0. The van der Waals surface area contributed by atoms with Crippen LogP contribution in [0.1, 0.15) is 59.1 Å². The van der Waals surface area contributed by atoms with Gasteiger partial charge in [-0.05, 0) is 22.0 Å². The van der Waals surface area contributed by atoms with Gasteiger partial charge in [0.25, 0.3) is 0 Å². The van der Waals surface area contributed by atoms with Crippen LogP contribution in [0.25, 0.3) is 0 Å². The third-order valence-electron chi connectivity index (χ3n) is 3.24. The van der Waals surface area contributed by atoms with Gasteiger partial charge in [-0.2, -0.15) is 6.08 Å². The Kier molecular flexibility index (Phi) is 10.4. The second kappa shape index (κ2) is 9.60. The molecule has 0 aromatic heterocycles. The number of hydrogen-bond acceptors (Lipinski definition) is 1. The number of benzene rings is 1. The number of halogens is 1. The van der Waals surface area contributed by atoms with Crippen LogP contribution >= 0.6 is 12.4 Å². The maximum Gasteiger partial charge on any atom is 0.123 e. The van der Waals surface area contributed by atoms with E-state index in [-0.39, 0.29) is 45.0 Å². The Bertz CT molecular complexity index is 463. The molecule has 0 atom stereocenters. The van der Waals surface area contributed by atoms with E-state index in [1.54, 1.807) is 0 Å². The van der Waals surface area contributed by atoms with Crippen molar-refractivity contribution in [1.29, 1.82) is 0 Å². The molecule has 1 aromatic carbocycles. The van der Waals surface area contributed by atoms with Gasteiger partial charge in [-0.25, -0.2) is 12.2 Å². The summed E-state index contributed by atoms with van der Waals surface area (Å²) in [5, 5.41) is 10.3. The van der Waals surface area contributed by atoms with Gasteiger partial charge in [0.2, 0.25) is 0 Å². The summed E-state index contributed by atoms with van der Waals surface area (Å²) < 4.78 is 0. The molecule has 2 rings (SSSR count). The van der Waals surface area contributed by atoms with Crippen molar-refractivity contribution in [2.45, 2.75) is 58.8 Å². The van der Waals surface area contributed by atoms with Gasteiger partial charge in [0.1, 0.15) is 5.75 Å². The molecule has 0 spiro atoms. The van der Waals surface area contributed by atoms with Gasteiger partial charge in [0.15, 0.2) is 0 Å². The summed E-state index contributed by atoms with van der Waals surface area (Å²) in [5.74, 6) is 0.456. The molecule has 0 saturated heterocycles. The third kappa shape index (κ3) is 7.18. The summed E-state index contributed by atoms with van der Waals surface area (Å²) in [6.07, 6.45) is 10.0. The van der Waals surface area contributed by atoms with E-state index >= 15 is 0 Å². The summed E-state index contributed by atoms with van der Waals surface area (Å²) in [7, 11) is 0. The monoisotopic (exact) mass is 355 g/mol. The predicted octanol–water partition coefficient (Wildman–Crippen LogP) is 5.71. The minimum atomic E-state index is -0.00859. The Labute approximate surface area is 157 Å². The summed E-state index contributed by atoms with van der Waals surface area (Å²) in [6, 6.07) is 6.04. The molecule has 1 aromatic rings. The van der Waals surface area contributed by atoms with Crippen molar-refractivity contribution in [3.8, 4) is 5.75 Å². The van der Waals surface area contributed by atoms with Crippen molar-refractivity contribution in [2.24, 2.45) is 0 Å². The summed E-state index contributed by atoms with van der Waals surface area (Å²) in [5.41, 5.74) is 2.03. The normalized spacial score (nSPS) is 12.8. The Hall–Kier alpha value is -0.496. The molecule has 0 radical (unpaired) electrons. The minimum Gasteiger partial charge on any atom is -0.507 e. The number of aromatic hydroxyl groups is 1. The number of rotatable bonds is 0. The minimum absolute atomic E-state index is 0. The fourth-order valence-electron chi connectivity index (χ4n) is 2.09. The molecule has 0 unspecified atom stereocenters. The van der Waals surface area contributed by atoms with Crippen LogP contribution in [-0.4, -0.2) is 5.11 Å². The molecule has 0 fully saturated rings. The largest absolute Gasteiger partial charge is 0.507 e. The van der Waals surface area contributed by atoms with Crippen LogP contribution in [0.4, 0.5) is 0 Å². The average molecular weight is 356 g/mol. The smallest absolute Gasteiger partial charge is 0.123 e. The quantitative estimate of drug-likeness (QED) is 0.466. The Morgan fingerprint density at radius 1 is 0.955 bits per heavy atom. The number of hydrogen-bond donors (Lipinski definition) is 1. The van der Waals surface area contributed by atoms with Crippen molar-refractivity contribution in [2.75, 3.05) is 0 Å². The van der Waals surface area contributed by atoms with Crippen LogP contribution < -0.4 is 0 Å². The van der Waals surface area contributed by atoms with Gasteiger partial charge < -0.3 is 5.11 Å². The zero-order chi connectivity index (χ0) is 15.4. The SMILES string of the molecule is CC(C)(C)c1cccc(C(C)(C)C)c1O.Cl.[C-]1=CC=CC1.[Ti]. The first-order chi connectivity index (χ1) is 9.14. The van der Waals surface area contributed by atoms with E-state index in [1.807, 2.05) is 30.4 Å². The molecule has 0 bridgehead atoms. The summed E-state index contributed by atoms with van der Waals surface area (Å²) >= 11 is 0. The van der Waals surface area contributed by atoms with Crippen molar-refractivity contribution >= 4 is 12.4 Å². The zero-order valence-corrected chi connectivity index (χ0v) is 16.9. The van der Waals surface area contributed by atoms with Gasteiger partial charge in [0, 0.05) is 21.7 Å². The summed E-state index contributed by atoms with van der Waals surface area (Å²) in [4.78, 5) is 0. The molecular formula is C19H28ClOTi-. The van der Waals surface area contributed by atoms with Gasteiger partial charge in [-0.1, -0.05) is 59.7 Å². The zero-order valence-electron chi connectivity index (χ0n) is 14.5. The van der Waals surface area contributed by atoms with Gasteiger partial charge in [-0.15, -0.1) is 18.8 Å². The van der Waals surface area contributed by atoms with Crippen LogP contribution in [0.5, 0.6) is 5.75 Å². The van der Waals surface area contributed by atoms with Gasteiger partial charge in [-0.3, -0.25) is 6.08 Å². The van der Waals surface area contributed by atoms with Crippen LogP contribution in [0.3, 0.4) is 0 Å². The fraction of sp³-hybridized carbons (Fsp3) is 0.474. The molecule has 0 heterocycles. The number of para-hydroxylation sites is 1. The van der Waals surface area contributed by atoms with Crippen molar-refractivity contribution < 1.29 is 26.8 Å². The van der Waals surface area contributed by atoms with E-state index in [1.165, 1.54) is 0 Å². The van der Waals surface area contributed by atoms with Crippen molar-refractivity contribution in [3.05, 3.63) is 53.6 Å². The second-order valence-electron chi connectivity index (χ2n) is 7.20. The van der Waals surface area contributed by atoms with E-state index in [0.29, 0.717) is 5.75 Å². The van der Waals surface area contributed by atoms with Crippen molar-refractivity contribution in [1.82, 2.24) is 0 Å².